The number of benzene rings is 2. The highest BCUT2D eigenvalue weighted by molar-refractivity contribution is 6.34. The smallest absolute Gasteiger partial charge is 0.243 e. The van der Waals surface area contributed by atoms with Crippen molar-refractivity contribution in [2.75, 3.05) is 17.2 Å². The van der Waals surface area contributed by atoms with Crippen molar-refractivity contribution in [2.24, 2.45) is 0 Å². The van der Waals surface area contributed by atoms with Gasteiger partial charge in [0, 0.05) is 5.69 Å². The number of hydrogen-bond donors (Lipinski definition) is 2. The Balaban J connectivity index is 1.97. The van der Waals surface area contributed by atoms with Crippen LogP contribution < -0.4 is 10.6 Å². The van der Waals surface area contributed by atoms with Crippen molar-refractivity contribution >= 4 is 28.9 Å². The zero-order valence-electron chi connectivity index (χ0n) is 12.4. The number of halogens is 1. The van der Waals surface area contributed by atoms with Gasteiger partial charge in [0.1, 0.15) is 0 Å². The fraction of sp³-hybridized carbons (Fsp3) is 0.176. The Labute approximate surface area is 134 Å². The molecule has 2 aromatic carbocycles. The highest BCUT2D eigenvalue weighted by Crippen LogP contribution is 2.27. The van der Waals surface area contributed by atoms with Gasteiger partial charge < -0.3 is 10.6 Å². The minimum absolute atomic E-state index is 0.121. The predicted molar refractivity (Wildman–Crippen MR) is 89.2 cm³/mol. The summed E-state index contributed by atoms with van der Waals surface area (Å²) in [4.78, 5) is 12.0. The Morgan fingerprint density at radius 2 is 1.91 bits per heavy atom. The van der Waals surface area contributed by atoms with E-state index in [-0.39, 0.29) is 12.5 Å². The Morgan fingerprint density at radius 1 is 1.23 bits per heavy atom. The second kappa shape index (κ2) is 6.97. The molecule has 4 nitrogen and oxygen atoms in total. The molecule has 5 heteroatoms. The molecule has 1 amide bonds. The van der Waals surface area contributed by atoms with Crippen LogP contribution in [-0.2, 0) is 4.79 Å². The van der Waals surface area contributed by atoms with E-state index in [1.807, 2.05) is 32.0 Å². The maximum atomic E-state index is 12.0. The van der Waals surface area contributed by atoms with Crippen LogP contribution in [0.4, 0.5) is 11.4 Å². The van der Waals surface area contributed by atoms with Crippen LogP contribution in [0.1, 0.15) is 16.7 Å². The summed E-state index contributed by atoms with van der Waals surface area (Å²) in [5.41, 5.74) is 3.98. The van der Waals surface area contributed by atoms with Crippen molar-refractivity contribution in [3.8, 4) is 6.07 Å². The molecule has 2 rings (SSSR count). The van der Waals surface area contributed by atoms with E-state index in [2.05, 4.69) is 10.6 Å². The number of rotatable bonds is 4. The maximum absolute atomic E-state index is 12.0. The van der Waals surface area contributed by atoms with Crippen LogP contribution in [-0.4, -0.2) is 12.5 Å². The van der Waals surface area contributed by atoms with E-state index in [4.69, 9.17) is 16.9 Å². The largest absolute Gasteiger partial charge is 0.376 e. The van der Waals surface area contributed by atoms with Crippen LogP contribution in [0.3, 0.4) is 0 Å². The third-order valence-electron chi connectivity index (χ3n) is 3.16. The highest BCUT2D eigenvalue weighted by atomic mass is 35.5. The fourth-order valence-corrected chi connectivity index (χ4v) is 2.47. The number of nitrogens with one attached hydrogen (secondary N) is 2. The number of amides is 1. The topological polar surface area (TPSA) is 64.9 Å². The van der Waals surface area contributed by atoms with Crippen LogP contribution in [0.2, 0.25) is 5.02 Å². The molecule has 0 aromatic heterocycles. The van der Waals surface area contributed by atoms with Crippen LogP contribution >= 0.6 is 11.6 Å². The quantitative estimate of drug-likeness (QED) is 0.900. The number of anilines is 2. The van der Waals surface area contributed by atoms with E-state index in [1.54, 1.807) is 24.3 Å². The first-order valence-corrected chi connectivity index (χ1v) is 7.18. The number of carbonyl (C=O) groups excluding carboxylic acids is 1. The van der Waals surface area contributed by atoms with Crippen LogP contribution in [0.25, 0.3) is 0 Å². The van der Waals surface area contributed by atoms with E-state index in [9.17, 15) is 4.79 Å². The van der Waals surface area contributed by atoms with E-state index in [1.165, 1.54) is 0 Å². The van der Waals surface area contributed by atoms with Gasteiger partial charge in [-0.05, 0) is 55.3 Å². The van der Waals surface area contributed by atoms with Gasteiger partial charge in [0.25, 0.3) is 0 Å². The van der Waals surface area contributed by atoms with Crippen LogP contribution in [0.15, 0.2) is 36.4 Å². The molecule has 0 bridgehead atoms. The number of hydrogen-bond acceptors (Lipinski definition) is 3. The summed E-state index contributed by atoms with van der Waals surface area (Å²) < 4.78 is 0. The molecular weight excluding hydrogens is 298 g/mol. The molecule has 0 unspecified atom stereocenters. The molecule has 0 heterocycles. The number of aryl methyl sites for hydroxylation is 2. The van der Waals surface area contributed by atoms with Gasteiger partial charge in [-0.3, -0.25) is 4.79 Å². The summed E-state index contributed by atoms with van der Waals surface area (Å²) in [5.74, 6) is -0.182. The molecule has 22 heavy (non-hydrogen) atoms. The minimum Gasteiger partial charge on any atom is -0.376 e. The van der Waals surface area contributed by atoms with Crippen molar-refractivity contribution < 1.29 is 4.79 Å². The molecule has 0 aliphatic carbocycles. The van der Waals surface area contributed by atoms with Crippen molar-refractivity contribution in [1.82, 2.24) is 0 Å². The lowest BCUT2D eigenvalue weighted by Crippen LogP contribution is -2.22. The lowest BCUT2D eigenvalue weighted by Gasteiger charge is -2.12. The molecule has 0 aliphatic rings. The van der Waals surface area contributed by atoms with E-state index >= 15 is 0 Å². The summed E-state index contributed by atoms with van der Waals surface area (Å²) in [7, 11) is 0. The molecule has 0 saturated heterocycles. The summed E-state index contributed by atoms with van der Waals surface area (Å²) in [6.45, 7) is 3.98. The molecule has 2 N–H and O–H groups in total. The van der Waals surface area contributed by atoms with Gasteiger partial charge in [-0.2, -0.15) is 5.26 Å². The lowest BCUT2D eigenvalue weighted by atomic mass is 10.1. The van der Waals surface area contributed by atoms with E-state index in [0.717, 1.165) is 16.8 Å². The van der Waals surface area contributed by atoms with Gasteiger partial charge in [0.05, 0.1) is 28.9 Å². The molecule has 0 fully saturated rings. The van der Waals surface area contributed by atoms with Crippen molar-refractivity contribution in [2.45, 2.75) is 13.8 Å². The predicted octanol–water partition coefficient (Wildman–Crippen LogP) is 3.88. The third-order valence-corrected chi connectivity index (χ3v) is 3.46. The van der Waals surface area contributed by atoms with Gasteiger partial charge in [-0.25, -0.2) is 0 Å². The van der Waals surface area contributed by atoms with E-state index < -0.39 is 0 Å². The maximum Gasteiger partial charge on any atom is 0.243 e. The molecule has 2 aromatic rings. The first kappa shape index (κ1) is 15.9. The van der Waals surface area contributed by atoms with Gasteiger partial charge in [-0.15, -0.1) is 0 Å². The average molecular weight is 314 g/mol. The molecule has 0 atom stereocenters. The molecule has 112 valence electrons. The molecule has 0 spiro atoms. The standard InChI is InChI=1S/C17H16ClN3O/c1-11-7-12(2)17(15(18)8-11)21-16(22)10-20-14-5-3-13(9-19)4-6-14/h3-8,20H,10H2,1-2H3,(H,21,22). The number of nitrogens with zero attached hydrogens (tertiary/aromatic N) is 1. The molecule has 0 aliphatic heterocycles. The SMILES string of the molecule is Cc1cc(C)c(NC(=O)CNc2ccc(C#N)cc2)c(Cl)c1. The second-order valence-electron chi connectivity index (χ2n) is 5.03. The monoisotopic (exact) mass is 313 g/mol. The Morgan fingerprint density at radius 3 is 2.50 bits per heavy atom. The third kappa shape index (κ3) is 4.00. The van der Waals surface area contributed by atoms with Crippen molar-refractivity contribution in [3.63, 3.8) is 0 Å². The zero-order chi connectivity index (χ0) is 16.1. The van der Waals surface area contributed by atoms with Crippen LogP contribution in [0.5, 0.6) is 0 Å². The first-order valence-electron chi connectivity index (χ1n) is 6.80. The average Bonchev–Trinajstić information content (AvgIpc) is 2.49. The van der Waals surface area contributed by atoms with E-state index in [0.29, 0.717) is 16.3 Å². The highest BCUT2D eigenvalue weighted by Gasteiger charge is 2.09. The molecule has 0 saturated carbocycles. The molecule has 0 radical (unpaired) electrons. The second-order valence-corrected chi connectivity index (χ2v) is 5.44. The lowest BCUT2D eigenvalue weighted by molar-refractivity contribution is -0.114. The number of carbonyl (C=O) groups is 1. The van der Waals surface area contributed by atoms with Crippen molar-refractivity contribution in [3.05, 3.63) is 58.1 Å². The normalized spacial score (nSPS) is 9.91. The minimum atomic E-state index is -0.182. The number of nitriles is 1. The Hall–Kier alpha value is -2.51. The summed E-state index contributed by atoms with van der Waals surface area (Å²) in [6.07, 6.45) is 0. The summed E-state index contributed by atoms with van der Waals surface area (Å²) >= 11 is 6.16. The van der Waals surface area contributed by atoms with Crippen LogP contribution in [0, 0.1) is 25.2 Å². The zero-order valence-corrected chi connectivity index (χ0v) is 13.2. The van der Waals surface area contributed by atoms with Gasteiger partial charge in [0.2, 0.25) is 5.91 Å². The van der Waals surface area contributed by atoms with Gasteiger partial charge in [-0.1, -0.05) is 17.7 Å². The summed E-state index contributed by atoms with van der Waals surface area (Å²) in [6, 6.07) is 12.7. The Bertz CT molecular complexity index is 710. The van der Waals surface area contributed by atoms with Gasteiger partial charge in [0.15, 0.2) is 0 Å². The fourth-order valence-electron chi connectivity index (χ4n) is 2.10. The van der Waals surface area contributed by atoms with Gasteiger partial charge >= 0.3 is 0 Å². The molecular formula is C17H16ClN3O. The Kier molecular flexibility index (Phi) is 5.03. The summed E-state index contributed by atoms with van der Waals surface area (Å²) in [5, 5.41) is 15.1. The first-order chi connectivity index (χ1) is 10.5. The van der Waals surface area contributed by atoms with Crippen molar-refractivity contribution in [1.29, 1.82) is 5.26 Å².